The zero-order chi connectivity index (χ0) is 13.7. The van der Waals surface area contributed by atoms with E-state index in [1.54, 1.807) is 24.3 Å². The molecule has 19 heavy (non-hydrogen) atoms. The lowest BCUT2D eigenvalue weighted by molar-refractivity contribution is -0.384. The first-order chi connectivity index (χ1) is 9.15. The van der Waals surface area contributed by atoms with Crippen LogP contribution in [0.4, 0.5) is 15.8 Å². The minimum Gasteiger partial charge on any atom is -0.278 e. The average molecular weight is 259 g/mol. The van der Waals surface area contributed by atoms with Crippen molar-refractivity contribution in [2.75, 3.05) is 5.43 Å². The van der Waals surface area contributed by atoms with E-state index in [1.807, 2.05) is 0 Å². The predicted octanol–water partition coefficient (Wildman–Crippen LogP) is 3.18. The molecule has 0 spiro atoms. The van der Waals surface area contributed by atoms with E-state index >= 15 is 0 Å². The summed E-state index contributed by atoms with van der Waals surface area (Å²) in [6.45, 7) is 0. The number of benzene rings is 2. The Hall–Kier alpha value is -2.76. The summed E-state index contributed by atoms with van der Waals surface area (Å²) in [5, 5.41) is 14.4. The smallest absolute Gasteiger partial charge is 0.269 e. The molecule has 0 aliphatic rings. The molecule has 0 aliphatic heterocycles. The minimum atomic E-state index is -0.467. The maximum absolute atomic E-state index is 12.7. The number of nitrogens with one attached hydrogen (secondary N) is 1. The van der Waals surface area contributed by atoms with Crippen LogP contribution < -0.4 is 5.43 Å². The molecule has 96 valence electrons. The van der Waals surface area contributed by atoms with Crippen molar-refractivity contribution in [2.24, 2.45) is 5.10 Å². The van der Waals surface area contributed by atoms with Crippen molar-refractivity contribution < 1.29 is 9.31 Å². The number of nitro benzene ring substituents is 1. The topological polar surface area (TPSA) is 67.5 Å². The number of hydrogen-bond acceptors (Lipinski definition) is 4. The number of nitro groups is 1. The number of halogens is 1. The van der Waals surface area contributed by atoms with E-state index in [1.165, 1.54) is 30.5 Å². The van der Waals surface area contributed by atoms with Crippen molar-refractivity contribution in [3.63, 3.8) is 0 Å². The largest absolute Gasteiger partial charge is 0.278 e. The van der Waals surface area contributed by atoms with E-state index in [9.17, 15) is 14.5 Å². The third-order valence-electron chi connectivity index (χ3n) is 2.36. The highest BCUT2D eigenvalue weighted by Crippen LogP contribution is 2.15. The fraction of sp³-hybridized carbons (Fsp3) is 0. The molecule has 0 atom stereocenters. The third kappa shape index (κ3) is 3.60. The van der Waals surface area contributed by atoms with E-state index in [2.05, 4.69) is 10.5 Å². The molecule has 0 fully saturated rings. The zero-order valence-electron chi connectivity index (χ0n) is 9.79. The standard InChI is InChI=1S/C13H10FN3O2/c14-11-3-1-10(2-4-11)9-15-16-12-5-7-13(8-6-12)17(18)19/h1-9,16H/b15-9-. The Labute approximate surface area is 108 Å². The molecule has 0 radical (unpaired) electrons. The first-order valence-electron chi connectivity index (χ1n) is 5.44. The van der Waals surface area contributed by atoms with Gasteiger partial charge in [0, 0.05) is 12.1 Å². The van der Waals surface area contributed by atoms with E-state index in [-0.39, 0.29) is 11.5 Å². The second-order valence-corrected chi connectivity index (χ2v) is 3.73. The van der Waals surface area contributed by atoms with E-state index < -0.39 is 4.92 Å². The second kappa shape index (κ2) is 5.72. The van der Waals surface area contributed by atoms with Crippen LogP contribution in [0.15, 0.2) is 53.6 Å². The number of hydrazone groups is 1. The van der Waals surface area contributed by atoms with Crippen molar-refractivity contribution in [2.45, 2.75) is 0 Å². The van der Waals surface area contributed by atoms with Gasteiger partial charge in [0.1, 0.15) is 5.82 Å². The Morgan fingerprint density at radius 1 is 1.11 bits per heavy atom. The third-order valence-corrected chi connectivity index (χ3v) is 2.36. The van der Waals surface area contributed by atoms with Gasteiger partial charge in [0.25, 0.3) is 5.69 Å². The molecule has 0 amide bonds. The van der Waals surface area contributed by atoms with Crippen LogP contribution in [0, 0.1) is 15.9 Å². The highest BCUT2D eigenvalue weighted by atomic mass is 19.1. The van der Waals surface area contributed by atoms with Gasteiger partial charge >= 0.3 is 0 Å². The molecule has 0 aliphatic carbocycles. The Balaban J connectivity index is 1.98. The van der Waals surface area contributed by atoms with Crippen LogP contribution in [-0.4, -0.2) is 11.1 Å². The number of nitrogens with zero attached hydrogens (tertiary/aromatic N) is 2. The second-order valence-electron chi connectivity index (χ2n) is 3.73. The van der Waals surface area contributed by atoms with Crippen LogP contribution in [0.3, 0.4) is 0 Å². The van der Waals surface area contributed by atoms with Gasteiger partial charge in [-0.05, 0) is 29.8 Å². The molecule has 0 bridgehead atoms. The van der Waals surface area contributed by atoms with Crippen LogP contribution in [0.2, 0.25) is 0 Å². The van der Waals surface area contributed by atoms with Crippen molar-refractivity contribution in [3.8, 4) is 0 Å². The van der Waals surface area contributed by atoms with Crippen molar-refractivity contribution in [3.05, 3.63) is 70.0 Å². The van der Waals surface area contributed by atoms with Crippen LogP contribution in [-0.2, 0) is 0 Å². The number of anilines is 1. The van der Waals surface area contributed by atoms with E-state index in [0.717, 1.165) is 5.56 Å². The summed E-state index contributed by atoms with van der Waals surface area (Å²) in [5.41, 5.74) is 4.12. The number of non-ortho nitro benzene ring substituents is 1. The Bertz CT molecular complexity index is 594. The lowest BCUT2D eigenvalue weighted by Gasteiger charge is -1.99. The molecule has 2 rings (SSSR count). The molecule has 0 unspecified atom stereocenters. The van der Waals surface area contributed by atoms with Gasteiger partial charge in [0.05, 0.1) is 16.8 Å². The summed E-state index contributed by atoms with van der Waals surface area (Å²) >= 11 is 0. The van der Waals surface area contributed by atoms with Crippen LogP contribution in [0.5, 0.6) is 0 Å². The highest BCUT2D eigenvalue weighted by Gasteiger charge is 2.02. The molecule has 5 nitrogen and oxygen atoms in total. The SMILES string of the molecule is O=[N+]([O-])c1ccc(N/N=C\c2ccc(F)cc2)cc1. The molecule has 0 heterocycles. The summed E-state index contributed by atoms with van der Waals surface area (Å²) in [6, 6.07) is 11.7. The Morgan fingerprint density at radius 3 is 2.32 bits per heavy atom. The van der Waals surface area contributed by atoms with E-state index in [4.69, 9.17) is 0 Å². The quantitative estimate of drug-likeness (QED) is 0.521. The van der Waals surface area contributed by atoms with Crippen LogP contribution >= 0.6 is 0 Å². The number of rotatable bonds is 4. The van der Waals surface area contributed by atoms with E-state index in [0.29, 0.717) is 5.69 Å². The van der Waals surface area contributed by atoms with Gasteiger partial charge < -0.3 is 0 Å². The van der Waals surface area contributed by atoms with Gasteiger partial charge in [-0.15, -0.1) is 0 Å². The summed E-state index contributed by atoms with van der Waals surface area (Å²) < 4.78 is 12.7. The minimum absolute atomic E-state index is 0.0214. The molecular formula is C13H10FN3O2. The van der Waals surface area contributed by atoms with Gasteiger partial charge in [0.2, 0.25) is 0 Å². The van der Waals surface area contributed by atoms with Crippen LogP contribution in [0.1, 0.15) is 5.56 Å². The first-order valence-corrected chi connectivity index (χ1v) is 5.44. The fourth-order valence-corrected chi connectivity index (χ4v) is 1.39. The molecule has 0 saturated heterocycles. The lowest BCUT2D eigenvalue weighted by atomic mass is 10.2. The summed E-state index contributed by atoms with van der Waals surface area (Å²) in [6.07, 6.45) is 1.53. The van der Waals surface area contributed by atoms with Crippen molar-refractivity contribution >= 4 is 17.6 Å². The molecule has 6 heteroatoms. The van der Waals surface area contributed by atoms with Gasteiger partial charge in [-0.25, -0.2) is 4.39 Å². The highest BCUT2D eigenvalue weighted by molar-refractivity contribution is 5.80. The number of hydrogen-bond donors (Lipinski definition) is 1. The molecule has 2 aromatic carbocycles. The molecule has 0 saturated carbocycles. The fourth-order valence-electron chi connectivity index (χ4n) is 1.39. The lowest BCUT2D eigenvalue weighted by Crippen LogP contribution is -1.92. The summed E-state index contributed by atoms with van der Waals surface area (Å²) in [7, 11) is 0. The van der Waals surface area contributed by atoms with Crippen molar-refractivity contribution in [1.82, 2.24) is 0 Å². The first kappa shape index (κ1) is 12.7. The Morgan fingerprint density at radius 2 is 1.74 bits per heavy atom. The molecule has 1 N–H and O–H groups in total. The summed E-state index contributed by atoms with van der Waals surface area (Å²) in [4.78, 5) is 10.00. The maximum atomic E-state index is 12.7. The molecule has 0 aromatic heterocycles. The summed E-state index contributed by atoms with van der Waals surface area (Å²) in [5.74, 6) is -0.305. The van der Waals surface area contributed by atoms with Gasteiger partial charge in [-0.2, -0.15) is 5.10 Å². The zero-order valence-corrected chi connectivity index (χ0v) is 9.79. The normalized spacial score (nSPS) is 10.6. The van der Waals surface area contributed by atoms with Gasteiger partial charge in [-0.3, -0.25) is 15.5 Å². The van der Waals surface area contributed by atoms with Gasteiger partial charge in [0.15, 0.2) is 0 Å². The monoisotopic (exact) mass is 259 g/mol. The average Bonchev–Trinajstić information content (AvgIpc) is 2.41. The molecular weight excluding hydrogens is 249 g/mol. The van der Waals surface area contributed by atoms with Gasteiger partial charge in [-0.1, -0.05) is 12.1 Å². The van der Waals surface area contributed by atoms with Crippen LogP contribution in [0.25, 0.3) is 0 Å². The molecule has 2 aromatic rings. The predicted molar refractivity (Wildman–Crippen MR) is 70.7 cm³/mol. The Kier molecular flexibility index (Phi) is 3.82. The maximum Gasteiger partial charge on any atom is 0.269 e. The van der Waals surface area contributed by atoms with Crippen molar-refractivity contribution in [1.29, 1.82) is 0 Å².